The number of nitrogens with zero attached hydrogens (tertiary/aromatic N) is 4. The van der Waals surface area contributed by atoms with Crippen LogP contribution in [0.15, 0.2) is 12.7 Å². The zero-order valence-corrected chi connectivity index (χ0v) is 28.7. The predicted octanol–water partition coefficient (Wildman–Crippen LogP) is -1.46. The number of phosphoric acid groups is 3. The fourth-order valence-electron chi connectivity index (χ4n) is 4.04. The summed E-state index contributed by atoms with van der Waals surface area (Å²) in [4.78, 5) is 87.0. The van der Waals surface area contributed by atoms with Crippen LogP contribution in [0.4, 0.5) is 5.82 Å². The quantitative estimate of drug-likeness (QED) is 0.0476. The second kappa shape index (κ2) is 16.1. The molecule has 1 saturated heterocycles. The fraction of sp³-hybridized carbons (Fsp3) is 0.619. The third kappa shape index (κ3) is 11.1. The minimum atomic E-state index is -5.56. The summed E-state index contributed by atoms with van der Waals surface area (Å²) in [6.07, 6.45) is -4.99. The Morgan fingerprint density at radius 3 is 2.38 bits per heavy atom. The van der Waals surface area contributed by atoms with Crippen molar-refractivity contribution in [2.45, 2.75) is 44.8 Å². The molecule has 9 N–H and O–H groups in total. The van der Waals surface area contributed by atoms with Crippen LogP contribution in [0.3, 0.4) is 0 Å². The molecule has 23 nitrogen and oxygen atoms in total. The second-order valence-electron chi connectivity index (χ2n) is 10.6. The summed E-state index contributed by atoms with van der Waals surface area (Å²) in [5, 5.41) is 15.5. The highest BCUT2D eigenvalue weighted by atomic mass is 32.1. The van der Waals surface area contributed by atoms with Gasteiger partial charge in [0, 0.05) is 25.3 Å². The van der Waals surface area contributed by atoms with E-state index in [0.29, 0.717) is 12.3 Å². The number of hydrogen-bond donors (Lipinski definition) is 9. The molecule has 1 aliphatic heterocycles. The van der Waals surface area contributed by atoms with Crippen LogP contribution in [0.1, 0.15) is 26.5 Å². The van der Waals surface area contributed by atoms with Crippen molar-refractivity contribution in [1.82, 2.24) is 30.2 Å². The number of nitrogens with one attached hydrogen (secondary N) is 2. The molecule has 1 aliphatic rings. The minimum absolute atomic E-state index is 0.0313. The number of carbonyl (C=O) groups excluding carboxylic acids is 3. The summed E-state index contributed by atoms with van der Waals surface area (Å²) in [5.74, 6) is -2.31. The third-order valence-corrected chi connectivity index (χ3v) is 9.64. The Hall–Kier alpha value is -2.40. The van der Waals surface area contributed by atoms with Gasteiger partial charge in [-0.05, 0) is 0 Å². The number of anilines is 1. The number of ketones is 1. The first-order chi connectivity index (χ1) is 22.2. The van der Waals surface area contributed by atoms with Crippen molar-refractivity contribution >= 4 is 70.7 Å². The highest BCUT2D eigenvalue weighted by Gasteiger charge is 2.50. The molecule has 0 saturated carbocycles. The Morgan fingerprint density at radius 1 is 1.06 bits per heavy atom. The Morgan fingerprint density at radius 2 is 1.73 bits per heavy atom. The number of aliphatic hydroxyl groups excluding tert-OH is 1. The molecule has 48 heavy (non-hydrogen) atoms. The molecule has 2 aromatic heterocycles. The molecule has 2 unspecified atom stereocenters. The third-order valence-electron chi connectivity index (χ3n) is 6.32. The SMILES string of the molecule is CC(C)(COP(=O)(O)OP(=O)(O)OC[C@H]1O[C@@H](n2cnc3c(N)ncnc32)[C@H](O)[C@@H]1OP(=O)(O)O)C(=O)C(=O)NCCC(=O)NCCS. The topological polar surface area (TPSA) is 343 Å². The lowest BCUT2D eigenvalue weighted by Crippen LogP contribution is -2.43. The number of hydrogen-bond acceptors (Lipinski definition) is 17. The van der Waals surface area contributed by atoms with Crippen molar-refractivity contribution in [3.8, 4) is 0 Å². The molecule has 6 atom stereocenters. The Balaban J connectivity index is 1.61. The lowest BCUT2D eigenvalue weighted by atomic mass is 9.89. The van der Waals surface area contributed by atoms with Crippen LogP contribution in [0.25, 0.3) is 11.2 Å². The lowest BCUT2D eigenvalue weighted by molar-refractivity contribution is -0.144. The van der Waals surface area contributed by atoms with E-state index < -0.39 is 84.2 Å². The number of imidazole rings is 1. The van der Waals surface area contributed by atoms with Crippen molar-refractivity contribution < 1.29 is 75.4 Å². The van der Waals surface area contributed by atoms with Gasteiger partial charge in [-0.15, -0.1) is 0 Å². The normalized spacial score (nSPS) is 22.6. The summed E-state index contributed by atoms with van der Waals surface area (Å²) >= 11 is 3.94. The van der Waals surface area contributed by atoms with E-state index in [1.54, 1.807) is 0 Å². The van der Waals surface area contributed by atoms with Gasteiger partial charge < -0.3 is 45.8 Å². The largest absolute Gasteiger partial charge is 0.481 e. The van der Waals surface area contributed by atoms with Crippen molar-refractivity contribution in [3.63, 3.8) is 0 Å². The highest BCUT2D eigenvalue weighted by Crippen LogP contribution is 2.61. The Kier molecular flexibility index (Phi) is 13.4. The molecule has 0 aliphatic carbocycles. The van der Waals surface area contributed by atoms with Gasteiger partial charge in [-0.3, -0.25) is 32.5 Å². The molecule has 0 bridgehead atoms. The number of fused-ring (bicyclic) bond motifs is 1. The monoisotopic (exact) mass is 765 g/mol. The first-order valence-electron chi connectivity index (χ1n) is 13.5. The van der Waals surface area contributed by atoms with Crippen molar-refractivity contribution in [2.75, 3.05) is 37.8 Å². The zero-order valence-electron chi connectivity index (χ0n) is 25.1. The smallest absolute Gasteiger partial charge is 0.386 e. The molecule has 2 amide bonds. The molecule has 1 fully saturated rings. The lowest BCUT2D eigenvalue weighted by Gasteiger charge is -2.24. The number of aromatic nitrogens is 4. The predicted molar refractivity (Wildman–Crippen MR) is 162 cm³/mol. The second-order valence-corrected chi connectivity index (χ2v) is 15.3. The number of nitrogen functional groups attached to an aromatic ring is 1. The maximum absolute atomic E-state index is 12.6. The number of thiol groups is 1. The molecule has 0 aromatic carbocycles. The van der Waals surface area contributed by atoms with Gasteiger partial charge in [0.15, 0.2) is 17.7 Å². The Labute approximate surface area is 276 Å². The van der Waals surface area contributed by atoms with Crippen LogP contribution < -0.4 is 16.4 Å². The van der Waals surface area contributed by atoms with E-state index in [-0.39, 0.29) is 29.9 Å². The van der Waals surface area contributed by atoms with E-state index in [1.807, 2.05) is 0 Å². The van der Waals surface area contributed by atoms with Gasteiger partial charge in [0.25, 0.3) is 5.91 Å². The minimum Gasteiger partial charge on any atom is -0.386 e. The van der Waals surface area contributed by atoms with E-state index >= 15 is 0 Å². The number of carbonyl (C=O) groups is 3. The van der Waals surface area contributed by atoms with Gasteiger partial charge in [0.2, 0.25) is 11.7 Å². The molecule has 3 rings (SSSR count). The van der Waals surface area contributed by atoms with Crippen molar-refractivity contribution in [3.05, 3.63) is 12.7 Å². The van der Waals surface area contributed by atoms with Crippen molar-refractivity contribution in [1.29, 1.82) is 0 Å². The zero-order chi connectivity index (χ0) is 36.1. The number of ether oxygens (including phenoxy) is 1. The van der Waals surface area contributed by atoms with E-state index in [0.717, 1.165) is 31.1 Å². The molecular weight excluding hydrogens is 731 g/mol. The van der Waals surface area contributed by atoms with Crippen LogP contribution in [-0.2, 0) is 50.7 Å². The van der Waals surface area contributed by atoms with Crippen LogP contribution >= 0.6 is 36.1 Å². The number of nitrogens with two attached hydrogens (primary N) is 1. The van der Waals surface area contributed by atoms with Crippen LogP contribution in [0, 0.1) is 5.41 Å². The van der Waals surface area contributed by atoms with Gasteiger partial charge in [0.05, 0.1) is 25.0 Å². The highest BCUT2D eigenvalue weighted by molar-refractivity contribution is 7.80. The average molecular weight is 766 g/mol. The van der Waals surface area contributed by atoms with Crippen molar-refractivity contribution in [2.24, 2.45) is 5.41 Å². The average Bonchev–Trinajstić information content (AvgIpc) is 3.54. The summed E-state index contributed by atoms with van der Waals surface area (Å²) in [6, 6.07) is 0. The standard InChI is InChI=1S/C21H34N7O16P3S/c1-21(2,16(31)19(32)24-4-3-12(29)23-5-6-48)8-41-47(38,39)44-46(36,37)40-7-11-15(43-45(33,34)35)14(30)20(42-11)28-10-27-13-17(22)25-9-26-18(13)28/h9-11,14-15,20,30,48H,3-8H2,1-2H3,(H,23,29)(H,24,32)(H,36,37)(H,38,39)(H2,22,25,26)(H2,33,34,35)/t11-,14-,15-,20-/m1/s1. The first-order valence-corrected chi connectivity index (χ1v) is 18.7. The van der Waals surface area contributed by atoms with Gasteiger partial charge in [0.1, 0.15) is 30.2 Å². The van der Waals surface area contributed by atoms with Gasteiger partial charge >= 0.3 is 23.5 Å². The number of rotatable bonds is 18. The van der Waals surface area contributed by atoms with Gasteiger partial charge in [-0.1, -0.05) is 13.8 Å². The molecule has 270 valence electrons. The number of amides is 2. The Bertz CT molecular complexity index is 1640. The number of phosphoric ester groups is 3. The first kappa shape index (κ1) is 40.0. The van der Waals surface area contributed by atoms with E-state index in [9.17, 15) is 52.8 Å². The number of aliphatic hydroxyl groups is 1. The van der Waals surface area contributed by atoms with Gasteiger partial charge in [-0.25, -0.2) is 28.6 Å². The van der Waals surface area contributed by atoms with E-state index in [4.69, 9.17) is 10.5 Å². The van der Waals surface area contributed by atoms with E-state index in [1.165, 1.54) is 0 Å². The molecular formula is C21H34N7O16P3S. The van der Waals surface area contributed by atoms with Gasteiger partial charge in [-0.2, -0.15) is 16.9 Å². The summed E-state index contributed by atoms with van der Waals surface area (Å²) < 4.78 is 61.5. The van der Waals surface area contributed by atoms with E-state index in [2.05, 4.69) is 56.1 Å². The van der Waals surface area contributed by atoms with Crippen LogP contribution in [0.5, 0.6) is 0 Å². The number of Topliss-reactive ketones (excluding diaryl/α,β-unsaturated/α-hetero) is 1. The summed E-state index contributed by atoms with van der Waals surface area (Å²) in [6.45, 7) is 0.332. The van der Waals surface area contributed by atoms with Crippen LogP contribution in [-0.4, -0.2) is 112 Å². The fourth-order valence-corrected chi connectivity index (χ4v) is 6.97. The molecule has 3 heterocycles. The molecule has 27 heteroatoms. The van der Waals surface area contributed by atoms with Crippen LogP contribution in [0.2, 0.25) is 0 Å². The summed E-state index contributed by atoms with van der Waals surface area (Å²) in [7, 11) is -16.4. The molecule has 0 spiro atoms. The molecule has 2 aromatic rings. The maximum atomic E-state index is 12.6. The summed E-state index contributed by atoms with van der Waals surface area (Å²) in [5.41, 5.74) is 4.09. The maximum Gasteiger partial charge on any atom is 0.481 e. The molecule has 0 radical (unpaired) electrons.